The predicted molar refractivity (Wildman–Crippen MR) is 100 cm³/mol. The van der Waals surface area contributed by atoms with Gasteiger partial charge >= 0.3 is 12.2 Å². The van der Waals surface area contributed by atoms with Gasteiger partial charge in [-0.15, -0.1) is 0 Å². The van der Waals surface area contributed by atoms with Crippen molar-refractivity contribution in [3.8, 4) is 11.5 Å². The lowest BCUT2D eigenvalue weighted by atomic mass is 10.1. The van der Waals surface area contributed by atoms with Crippen molar-refractivity contribution in [1.29, 1.82) is 0 Å². The first kappa shape index (κ1) is 20.6. The maximum absolute atomic E-state index is 12.9. The van der Waals surface area contributed by atoms with Gasteiger partial charge in [0, 0.05) is 19.3 Å². The van der Waals surface area contributed by atoms with Gasteiger partial charge in [0.15, 0.2) is 11.5 Å². The van der Waals surface area contributed by atoms with Crippen molar-refractivity contribution >= 4 is 11.8 Å². The fourth-order valence-electron chi connectivity index (χ4n) is 2.79. The normalized spacial score (nSPS) is 14.1. The van der Waals surface area contributed by atoms with Gasteiger partial charge in [-0.1, -0.05) is 6.07 Å². The van der Waals surface area contributed by atoms with E-state index in [4.69, 9.17) is 9.47 Å². The molecule has 0 radical (unpaired) electrons. The fourth-order valence-corrected chi connectivity index (χ4v) is 2.79. The number of aromatic nitrogens is 1. The highest BCUT2D eigenvalue weighted by atomic mass is 19.4. The van der Waals surface area contributed by atoms with Gasteiger partial charge in [0.05, 0.1) is 11.6 Å². The van der Waals surface area contributed by atoms with E-state index >= 15 is 0 Å². The van der Waals surface area contributed by atoms with Crippen LogP contribution in [0.3, 0.4) is 0 Å². The van der Waals surface area contributed by atoms with Crippen LogP contribution in [0.25, 0.3) is 0 Å². The van der Waals surface area contributed by atoms with Gasteiger partial charge in [-0.2, -0.15) is 13.2 Å². The fraction of sp³-hybridized carbons (Fsp3) is 0.368. The topological polar surface area (TPSA) is 84.5 Å². The Labute approximate surface area is 165 Å². The molecule has 1 atom stereocenters. The highest BCUT2D eigenvalue weighted by Crippen LogP contribution is 2.33. The number of anilines is 1. The Balaban J connectivity index is 1.46. The van der Waals surface area contributed by atoms with Crippen LogP contribution in [-0.4, -0.2) is 37.3 Å². The summed E-state index contributed by atoms with van der Waals surface area (Å²) in [7, 11) is 0. The SMILES string of the molecule is CC(NC(=O)NCCNc1ncccc1C(F)(F)F)c1ccc2c(c1)OCCO2. The lowest BCUT2D eigenvalue weighted by Gasteiger charge is -2.21. The van der Waals surface area contributed by atoms with E-state index in [1.807, 2.05) is 13.0 Å². The third-order valence-electron chi connectivity index (χ3n) is 4.23. The molecule has 0 saturated heterocycles. The van der Waals surface area contributed by atoms with Crippen molar-refractivity contribution in [2.75, 3.05) is 31.6 Å². The number of nitrogens with one attached hydrogen (secondary N) is 3. The maximum atomic E-state index is 12.9. The molecule has 0 fully saturated rings. The highest BCUT2D eigenvalue weighted by molar-refractivity contribution is 5.74. The number of carbonyl (C=O) groups excluding carboxylic acids is 1. The molecule has 1 aromatic heterocycles. The monoisotopic (exact) mass is 410 g/mol. The molecule has 29 heavy (non-hydrogen) atoms. The largest absolute Gasteiger partial charge is 0.486 e. The summed E-state index contributed by atoms with van der Waals surface area (Å²) >= 11 is 0. The number of benzene rings is 1. The first-order chi connectivity index (χ1) is 13.8. The number of hydrogen-bond acceptors (Lipinski definition) is 5. The molecule has 7 nitrogen and oxygen atoms in total. The second kappa shape index (κ2) is 8.89. The summed E-state index contributed by atoms with van der Waals surface area (Å²) in [5.41, 5.74) is -0.0116. The standard InChI is InChI=1S/C19H21F3N4O3/c1-12(13-4-5-15-16(11-13)29-10-9-28-15)26-18(27)25-8-7-24-17-14(19(20,21)22)3-2-6-23-17/h2-6,11-12H,7-10H2,1H3,(H,23,24)(H2,25,26,27). The summed E-state index contributed by atoms with van der Waals surface area (Å²) in [4.78, 5) is 15.8. The van der Waals surface area contributed by atoms with E-state index in [1.165, 1.54) is 12.3 Å². The molecule has 3 N–H and O–H groups in total. The summed E-state index contributed by atoms with van der Waals surface area (Å²) < 4.78 is 49.7. The predicted octanol–water partition coefficient (Wildman–Crippen LogP) is 3.34. The first-order valence-electron chi connectivity index (χ1n) is 9.04. The minimum Gasteiger partial charge on any atom is -0.486 e. The van der Waals surface area contributed by atoms with Crippen molar-refractivity contribution in [2.24, 2.45) is 0 Å². The molecule has 3 rings (SSSR count). The number of halogens is 3. The number of rotatable bonds is 6. The molecular weight excluding hydrogens is 389 g/mol. The summed E-state index contributed by atoms with van der Waals surface area (Å²) in [6, 6.07) is 6.86. The molecular formula is C19H21F3N4O3. The van der Waals surface area contributed by atoms with Crippen LogP contribution in [0, 0.1) is 0 Å². The number of ether oxygens (including phenoxy) is 2. The quantitative estimate of drug-likeness (QED) is 0.636. The molecule has 10 heteroatoms. The molecule has 1 unspecified atom stereocenters. The zero-order valence-electron chi connectivity index (χ0n) is 15.7. The minimum atomic E-state index is -4.50. The second-order valence-electron chi connectivity index (χ2n) is 6.35. The number of nitrogens with zero attached hydrogens (tertiary/aromatic N) is 1. The Morgan fingerprint density at radius 2 is 1.93 bits per heavy atom. The molecule has 0 saturated carbocycles. The Kier molecular flexibility index (Phi) is 6.30. The van der Waals surface area contributed by atoms with Gasteiger partial charge in [-0.05, 0) is 36.8 Å². The van der Waals surface area contributed by atoms with E-state index in [0.717, 1.165) is 11.6 Å². The molecule has 2 heterocycles. The zero-order chi connectivity index (χ0) is 20.9. The molecule has 1 aliphatic rings. The number of carbonyl (C=O) groups is 1. The number of urea groups is 1. The van der Waals surface area contributed by atoms with Gasteiger partial charge in [0.1, 0.15) is 19.0 Å². The third kappa shape index (κ3) is 5.43. The van der Waals surface area contributed by atoms with E-state index in [1.54, 1.807) is 12.1 Å². The van der Waals surface area contributed by atoms with E-state index in [-0.39, 0.29) is 24.9 Å². The van der Waals surface area contributed by atoms with Crippen molar-refractivity contribution in [3.05, 3.63) is 47.7 Å². The van der Waals surface area contributed by atoms with Crippen LogP contribution in [0.15, 0.2) is 36.5 Å². The molecule has 2 aromatic rings. The van der Waals surface area contributed by atoms with E-state index in [9.17, 15) is 18.0 Å². The average Bonchev–Trinajstić information content (AvgIpc) is 2.70. The molecule has 1 aliphatic heterocycles. The highest BCUT2D eigenvalue weighted by Gasteiger charge is 2.33. The molecule has 0 spiro atoms. The molecule has 156 valence electrons. The molecule has 0 aliphatic carbocycles. The smallest absolute Gasteiger partial charge is 0.419 e. The lowest BCUT2D eigenvalue weighted by molar-refractivity contribution is -0.137. The van der Waals surface area contributed by atoms with Crippen LogP contribution in [0.4, 0.5) is 23.8 Å². The molecule has 1 aromatic carbocycles. The van der Waals surface area contributed by atoms with Crippen molar-refractivity contribution in [3.63, 3.8) is 0 Å². The number of pyridine rings is 1. The van der Waals surface area contributed by atoms with Crippen LogP contribution in [0.1, 0.15) is 24.1 Å². The molecule has 2 amide bonds. The van der Waals surface area contributed by atoms with Crippen molar-refractivity contribution < 1.29 is 27.4 Å². The molecule has 0 bridgehead atoms. The van der Waals surface area contributed by atoms with Crippen LogP contribution in [0.5, 0.6) is 11.5 Å². The number of fused-ring (bicyclic) bond motifs is 1. The van der Waals surface area contributed by atoms with Crippen molar-refractivity contribution in [2.45, 2.75) is 19.1 Å². The van der Waals surface area contributed by atoms with Crippen molar-refractivity contribution in [1.82, 2.24) is 15.6 Å². The van der Waals surface area contributed by atoms with E-state index in [0.29, 0.717) is 24.7 Å². The maximum Gasteiger partial charge on any atom is 0.419 e. The average molecular weight is 410 g/mol. The van der Waals surface area contributed by atoms with Gasteiger partial charge in [-0.25, -0.2) is 9.78 Å². The third-order valence-corrected chi connectivity index (χ3v) is 4.23. The summed E-state index contributed by atoms with van der Waals surface area (Å²) in [5, 5.41) is 7.95. The van der Waals surface area contributed by atoms with E-state index in [2.05, 4.69) is 20.9 Å². The lowest BCUT2D eigenvalue weighted by Crippen LogP contribution is -2.39. The second-order valence-corrected chi connectivity index (χ2v) is 6.35. The Bertz CT molecular complexity index is 861. The zero-order valence-corrected chi connectivity index (χ0v) is 15.7. The summed E-state index contributed by atoms with van der Waals surface area (Å²) in [5.74, 6) is 1.02. The minimum absolute atomic E-state index is 0.0892. The first-order valence-corrected chi connectivity index (χ1v) is 9.04. The van der Waals surface area contributed by atoms with Gasteiger partial charge < -0.3 is 25.4 Å². The van der Waals surface area contributed by atoms with Crippen LogP contribution in [-0.2, 0) is 6.18 Å². The van der Waals surface area contributed by atoms with Gasteiger partial charge in [0.25, 0.3) is 0 Å². The van der Waals surface area contributed by atoms with E-state index < -0.39 is 17.8 Å². The van der Waals surface area contributed by atoms with Gasteiger partial charge in [0.2, 0.25) is 0 Å². The van der Waals surface area contributed by atoms with Crippen LogP contribution in [0.2, 0.25) is 0 Å². The number of amides is 2. The number of hydrogen-bond donors (Lipinski definition) is 3. The summed E-state index contributed by atoms with van der Waals surface area (Å²) in [6.45, 7) is 2.99. The Morgan fingerprint density at radius 3 is 2.69 bits per heavy atom. The Hall–Kier alpha value is -3.17. The van der Waals surface area contributed by atoms with Crippen LogP contribution < -0.4 is 25.4 Å². The summed E-state index contributed by atoms with van der Waals surface area (Å²) in [6.07, 6.45) is -3.23. The Morgan fingerprint density at radius 1 is 1.17 bits per heavy atom. The van der Waals surface area contributed by atoms with Crippen LogP contribution >= 0.6 is 0 Å². The van der Waals surface area contributed by atoms with Gasteiger partial charge in [-0.3, -0.25) is 0 Å². The number of alkyl halides is 3.